The molecular formula is C19H22O2. The number of phenolic OH excluding ortho intramolecular Hbond substituents is 1. The standard InChI is InChI=1S/C10H12O2.C9H10/c1-3-4-8-5-6-9(11)10(7-8)12-2;1-2-6-9-7-4-3-5-8-9/h3-7,11H,1-2H3;2-8H,1H3. The van der Waals surface area contributed by atoms with Gasteiger partial charge in [0.15, 0.2) is 11.5 Å². The van der Waals surface area contributed by atoms with E-state index in [9.17, 15) is 5.11 Å². The molecule has 2 aromatic carbocycles. The van der Waals surface area contributed by atoms with Crippen molar-refractivity contribution in [2.45, 2.75) is 13.8 Å². The van der Waals surface area contributed by atoms with Crippen molar-refractivity contribution in [3.05, 3.63) is 71.8 Å². The molecule has 2 nitrogen and oxygen atoms in total. The van der Waals surface area contributed by atoms with Gasteiger partial charge in [-0.25, -0.2) is 0 Å². The maximum atomic E-state index is 9.25. The quantitative estimate of drug-likeness (QED) is 0.843. The van der Waals surface area contributed by atoms with Gasteiger partial charge in [0.25, 0.3) is 0 Å². The summed E-state index contributed by atoms with van der Waals surface area (Å²) in [4.78, 5) is 0. The second-order valence-corrected chi connectivity index (χ2v) is 4.34. The Kier molecular flexibility index (Phi) is 7.44. The number of methoxy groups -OCH3 is 1. The summed E-state index contributed by atoms with van der Waals surface area (Å²) in [6, 6.07) is 15.5. The molecule has 0 radical (unpaired) electrons. The van der Waals surface area contributed by atoms with Crippen LogP contribution < -0.4 is 4.74 Å². The molecule has 0 fully saturated rings. The first-order valence-electron chi connectivity index (χ1n) is 6.88. The van der Waals surface area contributed by atoms with Crippen molar-refractivity contribution in [3.63, 3.8) is 0 Å². The number of hydrogen-bond acceptors (Lipinski definition) is 2. The number of hydrogen-bond donors (Lipinski definition) is 1. The van der Waals surface area contributed by atoms with Crippen LogP contribution in [0.4, 0.5) is 0 Å². The van der Waals surface area contributed by atoms with E-state index in [1.54, 1.807) is 12.1 Å². The third-order valence-corrected chi connectivity index (χ3v) is 2.72. The fourth-order valence-corrected chi connectivity index (χ4v) is 1.75. The first-order chi connectivity index (χ1) is 10.2. The Morgan fingerprint density at radius 2 is 1.48 bits per heavy atom. The van der Waals surface area contributed by atoms with Gasteiger partial charge in [-0.3, -0.25) is 0 Å². The highest BCUT2D eigenvalue weighted by molar-refractivity contribution is 5.55. The topological polar surface area (TPSA) is 29.5 Å². The van der Waals surface area contributed by atoms with Crippen LogP contribution >= 0.6 is 0 Å². The van der Waals surface area contributed by atoms with Crippen molar-refractivity contribution in [3.8, 4) is 11.5 Å². The van der Waals surface area contributed by atoms with E-state index in [1.807, 2.05) is 56.3 Å². The van der Waals surface area contributed by atoms with Crippen LogP contribution in [0.2, 0.25) is 0 Å². The van der Waals surface area contributed by atoms with E-state index in [1.165, 1.54) is 12.7 Å². The lowest BCUT2D eigenvalue weighted by Crippen LogP contribution is -1.83. The van der Waals surface area contributed by atoms with Crippen LogP contribution in [0.1, 0.15) is 25.0 Å². The molecule has 110 valence electrons. The summed E-state index contributed by atoms with van der Waals surface area (Å²) >= 11 is 0. The van der Waals surface area contributed by atoms with Crippen LogP contribution in [-0.4, -0.2) is 12.2 Å². The van der Waals surface area contributed by atoms with Crippen LogP contribution in [0.15, 0.2) is 60.7 Å². The molecule has 0 amide bonds. The molecule has 21 heavy (non-hydrogen) atoms. The van der Waals surface area contributed by atoms with Crippen LogP contribution in [-0.2, 0) is 0 Å². The monoisotopic (exact) mass is 282 g/mol. The maximum Gasteiger partial charge on any atom is 0.161 e. The minimum Gasteiger partial charge on any atom is -0.504 e. The van der Waals surface area contributed by atoms with Gasteiger partial charge in [-0.1, -0.05) is 60.7 Å². The van der Waals surface area contributed by atoms with Gasteiger partial charge in [-0.2, -0.15) is 0 Å². The zero-order valence-corrected chi connectivity index (χ0v) is 12.8. The fraction of sp³-hybridized carbons (Fsp3) is 0.158. The lowest BCUT2D eigenvalue weighted by Gasteiger charge is -2.03. The maximum absolute atomic E-state index is 9.25. The van der Waals surface area contributed by atoms with E-state index in [0.717, 1.165) is 5.56 Å². The van der Waals surface area contributed by atoms with Gasteiger partial charge in [0.05, 0.1) is 7.11 Å². The molecule has 2 heteroatoms. The van der Waals surface area contributed by atoms with Crippen LogP contribution in [0, 0.1) is 0 Å². The number of phenols is 1. The number of ether oxygens (including phenoxy) is 1. The largest absolute Gasteiger partial charge is 0.504 e. The molecule has 0 aliphatic carbocycles. The molecule has 0 aliphatic heterocycles. The van der Waals surface area contributed by atoms with Crippen molar-refractivity contribution in [1.29, 1.82) is 0 Å². The number of rotatable bonds is 3. The van der Waals surface area contributed by atoms with Gasteiger partial charge in [-0.15, -0.1) is 0 Å². The molecular weight excluding hydrogens is 260 g/mol. The lowest BCUT2D eigenvalue weighted by molar-refractivity contribution is 0.373. The summed E-state index contributed by atoms with van der Waals surface area (Å²) in [5.74, 6) is 0.677. The van der Waals surface area contributed by atoms with Crippen molar-refractivity contribution < 1.29 is 9.84 Å². The Bertz CT molecular complexity index is 584. The Morgan fingerprint density at radius 1 is 0.857 bits per heavy atom. The Labute approximate surface area is 127 Å². The smallest absolute Gasteiger partial charge is 0.161 e. The fourth-order valence-electron chi connectivity index (χ4n) is 1.75. The predicted molar refractivity (Wildman–Crippen MR) is 90.5 cm³/mol. The first-order valence-corrected chi connectivity index (χ1v) is 6.88. The number of aromatic hydroxyl groups is 1. The van der Waals surface area contributed by atoms with E-state index in [0.29, 0.717) is 5.75 Å². The summed E-state index contributed by atoms with van der Waals surface area (Å²) in [5, 5.41) is 9.25. The summed E-state index contributed by atoms with van der Waals surface area (Å²) in [6.45, 7) is 3.96. The molecule has 2 rings (SSSR count). The van der Waals surface area contributed by atoms with E-state index in [2.05, 4.69) is 18.2 Å². The van der Waals surface area contributed by atoms with Gasteiger partial charge in [0.1, 0.15) is 0 Å². The van der Waals surface area contributed by atoms with E-state index >= 15 is 0 Å². The highest BCUT2D eigenvalue weighted by atomic mass is 16.5. The van der Waals surface area contributed by atoms with Crippen LogP contribution in [0.3, 0.4) is 0 Å². The van der Waals surface area contributed by atoms with Crippen molar-refractivity contribution in [1.82, 2.24) is 0 Å². The highest BCUT2D eigenvalue weighted by Gasteiger charge is 1.99. The Morgan fingerprint density at radius 3 is 2.05 bits per heavy atom. The summed E-state index contributed by atoms with van der Waals surface area (Å²) in [7, 11) is 1.54. The zero-order valence-electron chi connectivity index (χ0n) is 12.8. The molecule has 0 heterocycles. The average molecular weight is 282 g/mol. The molecule has 2 aromatic rings. The minimum absolute atomic E-state index is 0.172. The summed E-state index contributed by atoms with van der Waals surface area (Å²) in [5.41, 5.74) is 2.28. The molecule has 0 atom stereocenters. The van der Waals surface area contributed by atoms with Crippen LogP contribution in [0.25, 0.3) is 12.2 Å². The summed E-state index contributed by atoms with van der Waals surface area (Å²) < 4.78 is 4.95. The van der Waals surface area contributed by atoms with E-state index < -0.39 is 0 Å². The molecule has 1 N–H and O–H groups in total. The predicted octanol–water partition coefficient (Wildman–Crippen LogP) is 5.15. The summed E-state index contributed by atoms with van der Waals surface area (Å²) in [6.07, 6.45) is 8.00. The van der Waals surface area contributed by atoms with Gasteiger partial charge in [-0.05, 0) is 37.1 Å². The van der Waals surface area contributed by atoms with E-state index in [4.69, 9.17) is 4.74 Å². The Balaban J connectivity index is 0.000000219. The lowest BCUT2D eigenvalue weighted by atomic mass is 10.2. The highest BCUT2D eigenvalue weighted by Crippen LogP contribution is 2.26. The zero-order chi connectivity index (χ0) is 15.5. The first kappa shape index (κ1) is 16.6. The van der Waals surface area contributed by atoms with E-state index in [-0.39, 0.29) is 5.75 Å². The molecule has 0 unspecified atom stereocenters. The Hall–Kier alpha value is -2.48. The minimum atomic E-state index is 0.172. The van der Waals surface area contributed by atoms with Gasteiger partial charge < -0.3 is 9.84 Å². The number of benzene rings is 2. The van der Waals surface area contributed by atoms with Crippen molar-refractivity contribution in [2.24, 2.45) is 0 Å². The third-order valence-electron chi connectivity index (χ3n) is 2.72. The molecule has 0 saturated carbocycles. The average Bonchev–Trinajstić information content (AvgIpc) is 2.51. The molecule has 0 spiro atoms. The van der Waals surface area contributed by atoms with Gasteiger partial charge >= 0.3 is 0 Å². The SMILES string of the molecule is CC=Cc1ccc(O)c(OC)c1.CC=Cc1ccccc1. The van der Waals surface area contributed by atoms with Gasteiger partial charge in [0.2, 0.25) is 0 Å². The third kappa shape index (κ3) is 6.00. The molecule has 0 aliphatic rings. The molecule has 0 bridgehead atoms. The number of allylic oxidation sites excluding steroid dienone is 2. The van der Waals surface area contributed by atoms with Crippen LogP contribution in [0.5, 0.6) is 11.5 Å². The molecule has 0 aromatic heterocycles. The molecule has 0 saturated heterocycles. The second-order valence-electron chi connectivity index (χ2n) is 4.34. The van der Waals surface area contributed by atoms with Crippen molar-refractivity contribution >= 4 is 12.2 Å². The van der Waals surface area contributed by atoms with Gasteiger partial charge in [0, 0.05) is 0 Å². The van der Waals surface area contributed by atoms with Crippen molar-refractivity contribution in [2.75, 3.05) is 7.11 Å². The second kappa shape index (κ2) is 9.43. The normalized spacial score (nSPS) is 10.4.